The molecule has 6 atom stereocenters. The van der Waals surface area contributed by atoms with Crippen molar-refractivity contribution in [3.05, 3.63) is 18.5 Å². The molecule has 4 fully saturated rings. The molecule has 4 saturated carbocycles. The molecule has 4 aliphatic rings. The molecule has 3 heterocycles. The van der Waals surface area contributed by atoms with Gasteiger partial charge in [0.15, 0.2) is 5.82 Å². The van der Waals surface area contributed by atoms with Crippen LogP contribution < -0.4 is 10.6 Å². The number of aromatic nitrogens is 4. The van der Waals surface area contributed by atoms with Gasteiger partial charge < -0.3 is 25.5 Å². The third-order valence-electron chi connectivity index (χ3n) is 7.96. The van der Waals surface area contributed by atoms with E-state index in [1.807, 2.05) is 16.9 Å². The van der Waals surface area contributed by atoms with E-state index < -0.39 is 17.4 Å². The number of ether oxygens (including phenoxy) is 1. The first-order valence-electron chi connectivity index (χ1n) is 12.0. The molecule has 4 bridgehead atoms. The summed E-state index contributed by atoms with van der Waals surface area (Å²) in [6.07, 6.45) is 8.21. The van der Waals surface area contributed by atoms with Gasteiger partial charge in [0, 0.05) is 30.9 Å². The Morgan fingerprint density at radius 2 is 2.03 bits per heavy atom. The number of carbonyl (C=O) groups excluding carboxylic acids is 2. The zero-order valence-electron chi connectivity index (χ0n) is 19.4. The first-order chi connectivity index (χ1) is 16.3. The first-order valence-corrected chi connectivity index (χ1v) is 12.0. The van der Waals surface area contributed by atoms with Gasteiger partial charge in [-0.25, -0.2) is 4.98 Å². The number of nitrogens with one attached hydrogen (secondary N) is 3. The Hall–Kier alpha value is -2.98. The highest BCUT2D eigenvalue weighted by atomic mass is 16.5. The quantitative estimate of drug-likeness (QED) is 0.426. The minimum absolute atomic E-state index is 0.140. The third-order valence-corrected chi connectivity index (χ3v) is 7.96. The van der Waals surface area contributed by atoms with Crippen molar-refractivity contribution in [3.8, 4) is 0 Å². The summed E-state index contributed by atoms with van der Waals surface area (Å²) in [6, 6.07) is 1.82. The maximum Gasteiger partial charge on any atom is 0.314 e. The fourth-order valence-electron chi connectivity index (χ4n) is 7.03. The molecule has 0 saturated heterocycles. The second kappa shape index (κ2) is 7.78. The van der Waals surface area contributed by atoms with Crippen LogP contribution in [0.1, 0.15) is 45.1 Å². The smallest absolute Gasteiger partial charge is 0.314 e. The molecule has 7 rings (SSSR count). The summed E-state index contributed by atoms with van der Waals surface area (Å²) in [5, 5.41) is 22.9. The highest BCUT2D eigenvalue weighted by Gasteiger charge is 2.55. The average Bonchev–Trinajstić information content (AvgIpc) is 3.37. The highest BCUT2D eigenvalue weighted by Crippen LogP contribution is 2.60. The number of aromatic amines is 1. The third kappa shape index (κ3) is 3.39. The van der Waals surface area contributed by atoms with E-state index in [9.17, 15) is 14.7 Å². The number of rotatable bonds is 5. The van der Waals surface area contributed by atoms with Crippen LogP contribution in [0.3, 0.4) is 0 Å². The number of amides is 2. The molecule has 2 unspecified atom stereocenters. The molecule has 0 radical (unpaired) electrons. The average molecular weight is 467 g/mol. The topological polar surface area (TPSA) is 134 Å². The number of aliphatic hydroxyl groups is 1. The first kappa shape index (κ1) is 21.5. The minimum Gasteiger partial charge on any atom is -0.390 e. The summed E-state index contributed by atoms with van der Waals surface area (Å²) in [6.45, 7) is 2.08. The van der Waals surface area contributed by atoms with E-state index in [1.165, 1.54) is 0 Å². The van der Waals surface area contributed by atoms with Crippen molar-refractivity contribution in [2.75, 3.05) is 19.0 Å². The molecule has 3 aromatic rings. The summed E-state index contributed by atoms with van der Waals surface area (Å²) in [5.74, 6) is 0.0680. The zero-order valence-corrected chi connectivity index (χ0v) is 19.4. The summed E-state index contributed by atoms with van der Waals surface area (Å²) in [7, 11) is 1.54. The van der Waals surface area contributed by atoms with Gasteiger partial charge in [0.1, 0.15) is 5.65 Å². The van der Waals surface area contributed by atoms with Crippen LogP contribution in [0.15, 0.2) is 18.5 Å². The number of nitrogens with zero attached hydrogens (tertiary/aromatic N) is 3. The fraction of sp³-hybridized carbons (Fsp3) is 0.583. The van der Waals surface area contributed by atoms with Crippen LogP contribution in [0.5, 0.6) is 0 Å². The number of carbonyl (C=O) groups is 2. The second-order valence-corrected chi connectivity index (χ2v) is 10.5. The molecule has 0 aliphatic heterocycles. The van der Waals surface area contributed by atoms with Gasteiger partial charge in [0.25, 0.3) is 0 Å². The van der Waals surface area contributed by atoms with Gasteiger partial charge >= 0.3 is 11.8 Å². The Kier molecular flexibility index (Phi) is 4.93. The zero-order chi connectivity index (χ0) is 23.6. The van der Waals surface area contributed by atoms with E-state index in [0.29, 0.717) is 35.6 Å². The van der Waals surface area contributed by atoms with Gasteiger partial charge in [0.05, 0.1) is 29.2 Å². The molecular weight excluding hydrogens is 436 g/mol. The number of pyridine rings is 1. The van der Waals surface area contributed by atoms with Crippen LogP contribution in [0.4, 0.5) is 5.82 Å². The summed E-state index contributed by atoms with van der Waals surface area (Å²) in [4.78, 5) is 32.8. The van der Waals surface area contributed by atoms with Crippen molar-refractivity contribution in [1.82, 2.24) is 25.1 Å². The highest BCUT2D eigenvalue weighted by molar-refractivity contribution is 6.40. The van der Waals surface area contributed by atoms with Gasteiger partial charge in [-0.05, 0) is 62.8 Å². The molecule has 180 valence electrons. The lowest BCUT2D eigenvalue weighted by Crippen LogP contribution is -2.55. The lowest BCUT2D eigenvalue weighted by atomic mass is 9.52. The van der Waals surface area contributed by atoms with Crippen molar-refractivity contribution in [2.45, 2.75) is 56.7 Å². The van der Waals surface area contributed by atoms with Crippen molar-refractivity contribution in [1.29, 1.82) is 0 Å². The summed E-state index contributed by atoms with van der Waals surface area (Å²) >= 11 is 0. The number of H-pyrrole nitrogens is 1. The van der Waals surface area contributed by atoms with Gasteiger partial charge in [-0.15, -0.1) is 0 Å². The number of hydrogen-bond acceptors (Lipinski definition) is 6. The molecule has 0 spiro atoms. The van der Waals surface area contributed by atoms with Crippen LogP contribution in [0.2, 0.25) is 0 Å². The molecule has 0 aromatic carbocycles. The van der Waals surface area contributed by atoms with Gasteiger partial charge in [-0.1, -0.05) is 0 Å². The largest absolute Gasteiger partial charge is 0.390 e. The molecule has 34 heavy (non-hydrogen) atoms. The van der Waals surface area contributed by atoms with Gasteiger partial charge in [0.2, 0.25) is 0 Å². The van der Waals surface area contributed by atoms with Crippen LogP contribution >= 0.6 is 0 Å². The lowest BCUT2D eigenvalue weighted by molar-refractivity contribution is -0.148. The summed E-state index contributed by atoms with van der Waals surface area (Å²) < 4.78 is 7.07. The van der Waals surface area contributed by atoms with E-state index in [4.69, 9.17) is 9.84 Å². The molecule has 10 nitrogen and oxygen atoms in total. The van der Waals surface area contributed by atoms with Crippen molar-refractivity contribution >= 4 is 39.6 Å². The van der Waals surface area contributed by atoms with Crippen LogP contribution in [0.25, 0.3) is 21.9 Å². The number of methoxy groups -OCH3 is 1. The Labute approximate surface area is 196 Å². The molecule has 4 N–H and O–H groups in total. The second-order valence-electron chi connectivity index (χ2n) is 10.5. The standard InChI is InChI=1S/C24H30N6O4/c1-12(11-34-2)27-22(31)23(32)28-21-17-10-26-20-16(3-4-25-20)19(17)30(29-21)18-14-5-13-6-15(18)9-24(33,7-13)8-14/h3-4,10,12-15,18,33H,5-9,11H2,1-2H3,(H,25,26)(H,27,31)(H,28,29,32)/t12?,13?,14-,15+,18+,24-. The molecule has 4 aliphatic carbocycles. The van der Waals surface area contributed by atoms with Crippen LogP contribution in [-0.4, -0.2) is 62.0 Å². The van der Waals surface area contributed by atoms with E-state index in [1.54, 1.807) is 20.2 Å². The van der Waals surface area contributed by atoms with E-state index in [-0.39, 0.29) is 12.1 Å². The van der Waals surface area contributed by atoms with E-state index >= 15 is 0 Å². The summed E-state index contributed by atoms with van der Waals surface area (Å²) in [5.41, 5.74) is 1.11. The number of hydrogen-bond donors (Lipinski definition) is 4. The van der Waals surface area contributed by atoms with Crippen LogP contribution in [0, 0.1) is 17.8 Å². The predicted octanol–water partition coefficient (Wildman–Crippen LogP) is 2.11. The van der Waals surface area contributed by atoms with E-state index in [2.05, 4.69) is 20.6 Å². The molecule has 10 heteroatoms. The number of anilines is 1. The van der Waals surface area contributed by atoms with Gasteiger partial charge in [-0.3, -0.25) is 14.3 Å². The monoisotopic (exact) mass is 466 g/mol. The Bertz CT molecular complexity index is 1270. The van der Waals surface area contributed by atoms with Crippen molar-refractivity contribution in [2.24, 2.45) is 17.8 Å². The Morgan fingerprint density at radius 3 is 2.74 bits per heavy atom. The predicted molar refractivity (Wildman–Crippen MR) is 125 cm³/mol. The SMILES string of the molecule is COCC(C)NC(=O)C(=O)Nc1nn([C@H]2[C@@H]3CC4C[C@H]2C[C@@](O)(C4)C3)c2c1cnc1[nH]ccc12. The van der Waals surface area contributed by atoms with Crippen LogP contribution in [-0.2, 0) is 14.3 Å². The maximum absolute atomic E-state index is 12.7. The molecule has 2 amide bonds. The normalized spacial score (nSPS) is 30.7. The maximum atomic E-state index is 12.7. The van der Waals surface area contributed by atoms with E-state index in [0.717, 1.165) is 48.7 Å². The number of fused-ring (bicyclic) bond motifs is 3. The Morgan fingerprint density at radius 1 is 1.26 bits per heavy atom. The minimum atomic E-state index is -0.775. The van der Waals surface area contributed by atoms with Gasteiger partial charge in [-0.2, -0.15) is 5.10 Å². The Balaban J connectivity index is 1.38. The van der Waals surface area contributed by atoms with Crippen molar-refractivity contribution in [3.63, 3.8) is 0 Å². The van der Waals surface area contributed by atoms with Crippen molar-refractivity contribution < 1.29 is 19.4 Å². The fourth-order valence-corrected chi connectivity index (χ4v) is 7.03. The molecular formula is C24H30N6O4. The lowest BCUT2D eigenvalue weighted by Gasteiger charge is -2.57. The molecule has 3 aromatic heterocycles.